The zero-order valence-electron chi connectivity index (χ0n) is 16.6. The molecule has 2 aromatic rings. The van der Waals surface area contributed by atoms with Crippen molar-refractivity contribution in [3.8, 4) is 23.0 Å². The van der Waals surface area contributed by atoms with Crippen molar-refractivity contribution in [3.63, 3.8) is 0 Å². The van der Waals surface area contributed by atoms with E-state index in [2.05, 4.69) is 16.3 Å². The normalized spacial score (nSPS) is 15.9. The summed E-state index contributed by atoms with van der Waals surface area (Å²) in [5.41, 5.74) is 1.85. The second kappa shape index (κ2) is 8.48. The fourth-order valence-electron chi connectivity index (χ4n) is 3.52. The molecular weight excluding hydrogens is 374 g/mol. The number of benzene rings is 2. The van der Waals surface area contributed by atoms with Crippen LogP contribution >= 0.6 is 0 Å². The van der Waals surface area contributed by atoms with Crippen molar-refractivity contribution in [2.45, 2.75) is 6.54 Å². The van der Waals surface area contributed by atoms with Gasteiger partial charge >= 0.3 is 6.03 Å². The molecule has 0 atom stereocenters. The van der Waals surface area contributed by atoms with E-state index in [0.717, 1.165) is 31.1 Å². The number of urea groups is 1. The van der Waals surface area contributed by atoms with Crippen LogP contribution in [0.25, 0.3) is 0 Å². The Kier molecular flexibility index (Phi) is 5.62. The minimum absolute atomic E-state index is 0.111. The van der Waals surface area contributed by atoms with Crippen LogP contribution < -0.4 is 24.3 Å². The monoisotopic (exact) mass is 399 g/mol. The van der Waals surface area contributed by atoms with Crippen molar-refractivity contribution in [2.24, 2.45) is 0 Å². The maximum atomic E-state index is 12.6. The highest BCUT2D eigenvalue weighted by molar-refractivity contribution is 5.89. The molecule has 4 rings (SSSR count). The molecular formula is C21H25N3O5. The van der Waals surface area contributed by atoms with Crippen LogP contribution in [0.4, 0.5) is 10.5 Å². The van der Waals surface area contributed by atoms with Gasteiger partial charge < -0.3 is 29.2 Å². The van der Waals surface area contributed by atoms with E-state index in [-0.39, 0.29) is 12.8 Å². The number of nitrogens with one attached hydrogen (secondary N) is 1. The Hall–Kier alpha value is -3.13. The molecule has 1 N–H and O–H groups in total. The highest BCUT2D eigenvalue weighted by Gasteiger charge is 2.22. The minimum Gasteiger partial charge on any atom is -0.493 e. The summed E-state index contributed by atoms with van der Waals surface area (Å²) in [7, 11) is 3.15. The number of methoxy groups -OCH3 is 2. The summed E-state index contributed by atoms with van der Waals surface area (Å²) in [5, 5.41) is 2.93. The average Bonchev–Trinajstić information content (AvgIpc) is 3.22. The van der Waals surface area contributed by atoms with Gasteiger partial charge in [-0.1, -0.05) is 6.07 Å². The second-order valence-electron chi connectivity index (χ2n) is 6.95. The zero-order valence-corrected chi connectivity index (χ0v) is 16.6. The largest absolute Gasteiger partial charge is 0.493 e. The third kappa shape index (κ3) is 4.32. The molecule has 0 aromatic heterocycles. The van der Waals surface area contributed by atoms with Gasteiger partial charge in [0.25, 0.3) is 0 Å². The summed E-state index contributed by atoms with van der Waals surface area (Å²) in [6, 6.07) is 11.3. The molecule has 0 radical (unpaired) electrons. The maximum absolute atomic E-state index is 12.6. The van der Waals surface area contributed by atoms with Crippen molar-refractivity contribution in [2.75, 3.05) is 52.5 Å². The highest BCUT2D eigenvalue weighted by atomic mass is 16.7. The molecule has 0 spiro atoms. The first-order valence-electron chi connectivity index (χ1n) is 9.55. The molecule has 154 valence electrons. The average molecular weight is 399 g/mol. The summed E-state index contributed by atoms with van der Waals surface area (Å²) in [5.74, 6) is 2.81. The molecule has 8 nitrogen and oxygen atoms in total. The molecule has 2 heterocycles. The Morgan fingerprint density at radius 3 is 2.48 bits per heavy atom. The van der Waals surface area contributed by atoms with Crippen molar-refractivity contribution in [1.29, 1.82) is 0 Å². The number of piperazine rings is 1. The quantitative estimate of drug-likeness (QED) is 0.834. The molecule has 2 aliphatic rings. The molecule has 1 saturated heterocycles. The van der Waals surface area contributed by atoms with Crippen LogP contribution in [0.1, 0.15) is 5.56 Å². The van der Waals surface area contributed by atoms with Crippen LogP contribution in [0, 0.1) is 0 Å². The summed E-state index contributed by atoms with van der Waals surface area (Å²) in [6.07, 6.45) is 0. The molecule has 1 fully saturated rings. The van der Waals surface area contributed by atoms with E-state index in [4.69, 9.17) is 18.9 Å². The summed E-state index contributed by atoms with van der Waals surface area (Å²) in [4.78, 5) is 16.8. The van der Waals surface area contributed by atoms with Gasteiger partial charge in [0.15, 0.2) is 23.0 Å². The standard InChI is InChI=1S/C21H25N3O5/c1-26-17-6-4-16(12-19(17)27-2)22-21(25)24-9-7-23(8-10-24)13-15-3-5-18-20(11-15)29-14-28-18/h3-6,11-12H,7-10,13-14H2,1-2H3,(H,22,25). The Balaban J connectivity index is 1.29. The topological polar surface area (TPSA) is 72.5 Å². The number of carbonyl (C=O) groups excluding carboxylic acids is 1. The second-order valence-corrected chi connectivity index (χ2v) is 6.95. The van der Waals surface area contributed by atoms with Gasteiger partial charge in [-0.2, -0.15) is 0 Å². The molecule has 2 aliphatic heterocycles. The Morgan fingerprint density at radius 2 is 1.72 bits per heavy atom. The van der Waals surface area contributed by atoms with Crippen molar-refractivity contribution in [3.05, 3.63) is 42.0 Å². The van der Waals surface area contributed by atoms with Crippen LogP contribution in [-0.4, -0.2) is 63.0 Å². The number of fused-ring (bicyclic) bond motifs is 1. The fourth-order valence-corrected chi connectivity index (χ4v) is 3.52. The fraction of sp³-hybridized carbons (Fsp3) is 0.381. The lowest BCUT2D eigenvalue weighted by Crippen LogP contribution is -2.49. The highest BCUT2D eigenvalue weighted by Crippen LogP contribution is 2.33. The third-order valence-corrected chi connectivity index (χ3v) is 5.14. The maximum Gasteiger partial charge on any atom is 0.321 e. The third-order valence-electron chi connectivity index (χ3n) is 5.14. The van der Waals surface area contributed by atoms with Crippen LogP contribution in [-0.2, 0) is 6.54 Å². The van der Waals surface area contributed by atoms with Gasteiger partial charge in [-0.25, -0.2) is 4.79 Å². The summed E-state index contributed by atoms with van der Waals surface area (Å²) < 4.78 is 21.3. The molecule has 2 amide bonds. The van der Waals surface area contributed by atoms with Crippen LogP contribution in [0.2, 0.25) is 0 Å². The van der Waals surface area contributed by atoms with E-state index in [1.165, 1.54) is 5.56 Å². The van der Waals surface area contributed by atoms with E-state index < -0.39 is 0 Å². The molecule has 0 saturated carbocycles. The molecule has 2 aromatic carbocycles. The molecule has 0 bridgehead atoms. The van der Waals surface area contributed by atoms with Gasteiger partial charge in [0.2, 0.25) is 6.79 Å². The number of amides is 2. The Labute approximate surface area is 169 Å². The lowest BCUT2D eigenvalue weighted by molar-refractivity contribution is 0.143. The number of hydrogen-bond donors (Lipinski definition) is 1. The van der Waals surface area contributed by atoms with E-state index in [1.807, 2.05) is 17.0 Å². The first kappa shape index (κ1) is 19.2. The van der Waals surface area contributed by atoms with E-state index in [9.17, 15) is 4.79 Å². The van der Waals surface area contributed by atoms with Crippen molar-refractivity contribution < 1.29 is 23.7 Å². The van der Waals surface area contributed by atoms with Gasteiger partial charge in [0, 0.05) is 44.5 Å². The minimum atomic E-state index is -0.111. The lowest BCUT2D eigenvalue weighted by Gasteiger charge is -2.34. The van der Waals surface area contributed by atoms with Gasteiger partial charge in [0.05, 0.1) is 14.2 Å². The number of nitrogens with zero attached hydrogens (tertiary/aromatic N) is 2. The van der Waals surface area contributed by atoms with Crippen molar-refractivity contribution in [1.82, 2.24) is 9.80 Å². The predicted molar refractivity (Wildman–Crippen MR) is 108 cm³/mol. The van der Waals surface area contributed by atoms with E-state index >= 15 is 0 Å². The van der Waals surface area contributed by atoms with Crippen molar-refractivity contribution >= 4 is 11.7 Å². The predicted octanol–water partition coefficient (Wildman–Crippen LogP) is 2.78. The number of hydrogen-bond acceptors (Lipinski definition) is 6. The number of rotatable bonds is 5. The molecule has 8 heteroatoms. The Bertz CT molecular complexity index is 881. The van der Waals surface area contributed by atoms with E-state index in [0.29, 0.717) is 30.3 Å². The number of anilines is 1. The number of ether oxygens (including phenoxy) is 4. The van der Waals surface area contributed by atoms with Crippen LogP contribution in [0.3, 0.4) is 0 Å². The van der Waals surface area contributed by atoms with Crippen LogP contribution in [0.15, 0.2) is 36.4 Å². The summed E-state index contributed by atoms with van der Waals surface area (Å²) >= 11 is 0. The lowest BCUT2D eigenvalue weighted by atomic mass is 10.1. The smallest absolute Gasteiger partial charge is 0.321 e. The first-order valence-corrected chi connectivity index (χ1v) is 9.55. The van der Waals surface area contributed by atoms with Gasteiger partial charge in [-0.3, -0.25) is 4.90 Å². The number of carbonyl (C=O) groups is 1. The zero-order chi connectivity index (χ0) is 20.2. The van der Waals surface area contributed by atoms with Gasteiger partial charge in [-0.15, -0.1) is 0 Å². The Morgan fingerprint density at radius 1 is 0.966 bits per heavy atom. The van der Waals surface area contributed by atoms with E-state index in [1.54, 1.807) is 32.4 Å². The SMILES string of the molecule is COc1ccc(NC(=O)N2CCN(Cc3ccc4c(c3)OCO4)CC2)cc1OC. The molecule has 0 unspecified atom stereocenters. The summed E-state index contributed by atoms with van der Waals surface area (Å²) in [6.45, 7) is 4.07. The van der Waals surface area contributed by atoms with Crippen LogP contribution in [0.5, 0.6) is 23.0 Å². The first-order chi connectivity index (χ1) is 14.2. The van der Waals surface area contributed by atoms with Gasteiger partial charge in [0.1, 0.15) is 0 Å². The molecule has 29 heavy (non-hydrogen) atoms. The molecule has 0 aliphatic carbocycles. The van der Waals surface area contributed by atoms with Gasteiger partial charge in [-0.05, 0) is 29.8 Å².